The molecule has 0 heterocycles. The molecule has 0 aromatic heterocycles. The van der Waals surface area contributed by atoms with Crippen LogP contribution < -0.4 is 0 Å². The number of hydrogen-bond acceptors (Lipinski definition) is 1. The highest BCUT2D eigenvalue weighted by Gasteiger charge is 2.12. The van der Waals surface area contributed by atoms with Crippen LogP contribution in [0.1, 0.15) is 38.9 Å². The fraction of sp³-hybridized carbons (Fsp3) is 0.429. The Morgan fingerprint density at radius 3 is 2.59 bits per heavy atom. The average Bonchev–Trinajstić information content (AvgIpc) is 2.15. The smallest absolute Gasteiger partial charge is 0.130 e. The van der Waals surface area contributed by atoms with Crippen molar-refractivity contribution in [1.82, 2.24) is 0 Å². The number of benzene rings is 1. The maximum absolute atomic E-state index is 13.5. The minimum atomic E-state index is -0.877. The first kappa shape index (κ1) is 14.2. The van der Waals surface area contributed by atoms with E-state index in [9.17, 15) is 9.50 Å². The van der Waals surface area contributed by atoms with Gasteiger partial charge in [-0.1, -0.05) is 33.8 Å². The van der Waals surface area contributed by atoms with E-state index in [0.29, 0.717) is 4.47 Å². The zero-order chi connectivity index (χ0) is 13.1. The standard InChI is InChI=1S/C14H16BrFO/c1-14(2,3)8-4-5-13(17)11-7-6-10(15)9-12(11)16/h6-7,9,13,17H,5H2,1-3H3. The van der Waals surface area contributed by atoms with Crippen molar-refractivity contribution in [3.63, 3.8) is 0 Å². The van der Waals surface area contributed by atoms with E-state index in [1.54, 1.807) is 12.1 Å². The van der Waals surface area contributed by atoms with Crippen LogP contribution in [0, 0.1) is 23.1 Å². The summed E-state index contributed by atoms with van der Waals surface area (Å²) in [5.41, 5.74) is 0.189. The molecule has 0 bridgehead atoms. The van der Waals surface area contributed by atoms with Crippen molar-refractivity contribution < 1.29 is 9.50 Å². The number of aliphatic hydroxyl groups excluding tert-OH is 1. The van der Waals surface area contributed by atoms with Gasteiger partial charge < -0.3 is 5.11 Å². The Labute approximate surface area is 110 Å². The Morgan fingerprint density at radius 1 is 1.41 bits per heavy atom. The van der Waals surface area contributed by atoms with E-state index < -0.39 is 11.9 Å². The van der Waals surface area contributed by atoms with Crippen molar-refractivity contribution in [1.29, 1.82) is 0 Å². The molecule has 0 fully saturated rings. The Hall–Kier alpha value is -0.850. The lowest BCUT2D eigenvalue weighted by molar-refractivity contribution is 0.179. The molecule has 0 aliphatic rings. The van der Waals surface area contributed by atoms with Crippen LogP contribution in [-0.2, 0) is 0 Å². The molecule has 0 radical (unpaired) electrons. The Morgan fingerprint density at radius 2 is 2.06 bits per heavy atom. The Kier molecular flexibility index (Phi) is 4.73. The van der Waals surface area contributed by atoms with E-state index >= 15 is 0 Å². The molecule has 1 rings (SSSR count). The van der Waals surface area contributed by atoms with Gasteiger partial charge in [0.25, 0.3) is 0 Å². The predicted octanol–water partition coefficient (Wildman–Crippen LogP) is 4.06. The van der Waals surface area contributed by atoms with Gasteiger partial charge in [0.1, 0.15) is 5.82 Å². The third kappa shape index (κ3) is 4.89. The van der Waals surface area contributed by atoms with E-state index in [2.05, 4.69) is 27.8 Å². The van der Waals surface area contributed by atoms with Gasteiger partial charge in [-0.3, -0.25) is 0 Å². The van der Waals surface area contributed by atoms with Gasteiger partial charge in [-0.25, -0.2) is 4.39 Å². The first-order valence-corrected chi connectivity index (χ1v) is 6.22. The molecule has 0 amide bonds. The normalized spacial score (nSPS) is 12.8. The van der Waals surface area contributed by atoms with E-state index in [1.165, 1.54) is 6.07 Å². The third-order valence-electron chi connectivity index (χ3n) is 2.08. The molecule has 0 spiro atoms. The van der Waals surface area contributed by atoms with E-state index in [0.717, 1.165) is 0 Å². The Bertz CT molecular complexity index is 452. The minimum Gasteiger partial charge on any atom is -0.387 e. The van der Waals surface area contributed by atoms with E-state index in [-0.39, 0.29) is 17.4 Å². The van der Waals surface area contributed by atoms with Gasteiger partial charge in [0.05, 0.1) is 6.10 Å². The summed E-state index contributed by atoms with van der Waals surface area (Å²) in [5, 5.41) is 9.83. The molecule has 1 N–H and O–H groups in total. The quantitative estimate of drug-likeness (QED) is 0.816. The predicted molar refractivity (Wildman–Crippen MR) is 70.9 cm³/mol. The van der Waals surface area contributed by atoms with Crippen LogP contribution in [0.3, 0.4) is 0 Å². The van der Waals surface area contributed by atoms with Crippen molar-refractivity contribution in [2.45, 2.75) is 33.3 Å². The molecule has 0 aliphatic carbocycles. The van der Waals surface area contributed by atoms with E-state index in [4.69, 9.17) is 0 Å². The summed E-state index contributed by atoms with van der Waals surface area (Å²) in [6.07, 6.45) is -0.631. The van der Waals surface area contributed by atoms with Gasteiger partial charge in [-0.2, -0.15) is 0 Å². The summed E-state index contributed by atoms with van der Waals surface area (Å²) in [6, 6.07) is 4.62. The highest BCUT2D eigenvalue weighted by atomic mass is 79.9. The highest BCUT2D eigenvalue weighted by Crippen LogP contribution is 2.23. The maximum atomic E-state index is 13.5. The lowest BCUT2D eigenvalue weighted by Gasteiger charge is -2.10. The minimum absolute atomic E-state index is 0.0992. The molecule has 1 nitrogen and oxygen atoms in total. The van der Waals surface area contributed by atoms with Crippen molar-refractivity contribution in [3.05, 3.63) is 34.1 Å². The fourth-order valence-electron chi connectivity index (χ4n) is 1.29. The molecule has 0 saturated carbocycles. The number of hydrogen-bond donors (Lipinski definition) is 1. The van der Waals surface area contributed by atoms with Crippen LogP contribution in [0.2, 0.25) is 0 Å². The molecule has 1 atom stereocenters. The molecule has 0 aliphatic heterocycles. The van der Waals surface area contributed by atoms with Crippen molar-refractivity contribution in [3.8, 4) is 11.8 Å². The SMILES string of the molecule is CC(C)(C)C#CCC(O)c1ccc(Br)cc1F. The lowest BCUT2D eigenvalue weighted by atomic mass is 9.97. The average molecular weight is 299 g/mol. The van der Waals surface area contributed by atoms with Crippen LogP contribution in [0.15, 0.2) is 22.7 Å². The highest BCUT2D eigenvalue weighted by molar-refractivity contribution is 9.10. The molecular weight excluding hydrogens is 283 g/mol. The maximum Gasteiger partial charge on any atom is 0.130 e. The molecule has 1 unspecified atom stereocenters. The third-order valence-corrected chi connectivity index (χ3v) is 2.57. The molecule has 1 aromatic rings. The first-order valence-electron chi connectivity index (χ1n) is 5.42. The Balaban J connectivity index is 2.76. The topological polar surface area (TPSA) is 20.2 Å². The van der Waals surface area contributed by atoms with Gasteiger partial charge in [-0.05, 0) is 32.9 Å². The summed E-state index contributed by atoms with van der Waals surface area (Å²) in [6.45, 7) is 5.98. The lowest BCUT2D eigenvalue weighted by Crippen LogP contribution is -2.02. The molecule has 0 saturated heterocycles. The van der Waals surface area contributed by atoms with Crippen molar-refractivity contribution in [2.75, 3.05) is 0 Å². The number of rotatable bonds is 2. The van der Waals surface area contributed by atoms with Crippen molar-refractivity contribution in [2.24, 2.45) is 5.41 Å². The van der Waals surface area contributed by atoms with Gasteiger partial charge in [-0.15, -0.1) is 0 Å². The second kappa shape index (κ2) is 5.66. The molecular formula is C14H16BrFO. The van der Waals surface area contributed by atoms with Crippen molar-refractivity contribution >= 4 is 15.9 Å². The van der Waals surface area contributed by atoms with Crippen LogP contribution >= 0.6 is 15.9 Å². The zero-order valence-corrected chi connectivity index (χ0v) is 11.8. The van der Waals surface area contributed by atoms with Gasteiger partial charge in [0.15, 0.2) is 0 Å². The van der Waals surface area contributed by atoms with E-state index in [1.807, 2.05) is 20.8 Å². The first-order chi connectivity index (χ1) is 7.79. The second-order valence-electron chi connectivity index (χ2n) is 4.94. The van der Waals surface area contributed by atoms with Crippen LogP contribution in [0.4, 0.5) is 4.39 Å². The van der Waals surface area contributed by atoms with Gasteiger partial charge >= 0.3 is 0 Å². The number of halogens is 2. The number of aliphatic hydroxyl groups is 1. The molecule has 3 heteroatoms. The van der Waals surface area contributed by atoms with Gasteiger partial charge in [0.2, 0.25) is 0 Å². The zero-order valence-electron chi connectivity index (χ0n) is 10.2. The largest absolute Gasteiger partial charge is 0.387 e. The molecule has 1 aromatic carbocycles. The summed E-state index contributed by atoms with van der Waals surface area (Å²) in [5.74, 6) is 5.49. The summed E-state index contributed by atoms with van der Waals surface area (Å²) < 4.78 is 14.2. The molecule has 17 heavy (non-hydrogen) atoms. The second-order valence-corrected chi connectivity index (χ2v) is 5.85. The van der Waals surface area contributed by atoms with Gasteiger partial charge in [0, 0.05) is 21.9 Å². The van der Waals surface area contributed by atoms with Crippen LogP contribution in [-0.4, -0.2) is 5.11 Å². The summed E-state index contributed by atoms with van der Waals surface area (Å²) >= 11 is 3.17. The fourth-order valence-corrected chi connectivity index (χ4v) is 1.63. The summed E-state index contributed by atoms with van der Waals surface area (Å²) in [4.78, 5) is 0. The summed E-state index contributed by atoms with van der Waals surface area (Å²) in [7, 11) is 0. The van der Waals surface area contributed by atoms with Crippen LogP contribution in [0.5, 0.6) is 0 Å². The monoisotopic (exact) mass is 298 g/mol. The van der Waals surface area contributed by atoms with Crippen LogP contribution in [0.25, 0.3) is 0 Å². The molecule has 92 valence electrons.